The highest BCUT2D eigenvalue weighted by atomic mass is 32.2. The van der Waals surface area contributed by atoms with Crippen molar-refractivity contribution in [3.05, 3.63) is 29.8 Å². The minimum atomic E-state index is -0.491. The Hall–Kier alpha value is -1.00. The van der Waals surface area contributed by atoms with Gasteiger partial charge in [-0.1, -0.05) is 25.1 Å². The van der Waals surface area contributed by atoms with Gasteiger partial charge in [0.25, 0.3) is 0 Å². The summed E-state index contributed by atoms with van der Waals surface area (Å²) >= 11 is 1.88. The van der Waals surface area contributed by atoms with E-state index in [-0.39, 0.29) is 5.91 Å². The lowest BCUT2D eigenvalue weighted by molar-refractivity contribution is -0.124. The number of carbonyl (C=O) groups is 1. The summed E-state index contributed by atoms with van der Waals surface area (Å²) in [6, 6.07) is 8.40. The molecule has 1 saturated carbocycles. The Morgan fingerprint density at radius 2 is 2.26 bits per heavy atom. The predicted molar refractivity (Wildman–Crippen MR) is 80.3 cm³/mol. The molecule has 0 aromatic heterocycles. The van der Waals surface area contributed by atoms with E-state index < -0.39 is 5.54 Å². The largest absolute Gasteiger partial charge is 0.368 e. The van der Waals surface area contributed by atoms with E-state index in [1.54, 1.807) is 0 Å². The van der Waals surface area contributed by atoms with Gasteiger partial charge in [-0.2, -0.15) is 0 Å². The van der Waals surface area contributed by atoms with E-state index in [1.807, 2.05) is 18.7 Å². The summed E-state index contributed by atoms with van der Waals surface area (Å²) in [6.45, 7) is 4.93. The van der Waals surface area contributed by atoms with Crippen LogP contribution in [0.1, 0.15) is 31.7 Å². The molecule has 19 heavy (non-hydrogen) atoms. The lowest BCUT2D eigenvalue weighted by Gasteiger charge is -2.26. The van der Waals surface area contributed by atoms with E-state index in [9.17, 15) is 4.79 Å². The molecule has 1 fully saturated rings. The first kappa shape index (κ1) is 14.4. The Kier molecular flexibility index (Phi) is 4.53. The monoisotopic (exact) mass is 278 g/mol. The molecule has 0 bridgehead atoms. The second kappa shape index (κ2) is 5.97. The topological polar surface area (TPSA) is 55.1 Å². The number of carbonyl (C=O) groups excluding carboxylic acids is 1. The average Bonchev–Trinajstić information content (AvgIpc) is 2.77. The molecule has 1 aliphatic rings. The van der Waals surface area contributed by atoms with Gasteiger partial charge in [0.15, 0.2) is 0 Å². The number of nitrogens with one attached hydrogen (secondary N) is 1. The van der Waals surface area contributed by atoms with Crippen LogP contribution in [-0.2, 0) is 4.79 Å². The zero-order chi connectivity index (χ0) is 13.9. The van der Waals surface area contributed by atoms with Crippen LogP contribution < -0.4 is 11.1 Å². The molecule has 1 aromatic carbocycles. The molecule has 0 saturated heterocycles. The van der Waals surface area contributed by atoms with Crippen molar-refractivity contribution in [1.29, 1.82) is 0 Å². The van der Waals surface area contributed by atoms with Crippen LogP contribution in [0.4, 0.5) is 0 Å². The second-order valence-corrected chi connectivity index (χ2v) is 6.57. The molecule has 0 radical (unpaired) electrons. The Labute approximate surface area is 119 Å². The normalized spacial score (nSPS) is 26.5. The van der Waals surface area contributed by atoms with Gasteiger partial charge in [-0.25, -0.2) is 0 Å². The second-order valence-electron chi connectivity index (χ2n) is 5.22. The molecule has 0 heterocycles. The molecular weight excluding hydrogens is 256 g/mol. The third-order valence-corrected chi connectivity index (χ3v) is 5.29. The van der Waals surface area contributed by atoms with Gasteiger partial charge in [-0.3, -0.25) is 4.79 Å². The Morgan fingerprint density at radius 3 is 2.89 bits per heavy atom. The number of hydrogen-bond donors (Lipinski definition) is 2. The number of amides is 1. The first-order chi connectivity index (χ1) is 9.07. The Bertz CT molecular complexity index is 463. The van der Waals surface area contributed by atoms with E-state index in [4.69, 9.17) is 5.73 Å². The fourth-order valence-electron chi connectivity index (χ4n) is 2.78. The number of nitrogens with two attached hydrogens (primary N) is 1. The molecule has 104 valence electrons. The highest BCUT2D eigenvalue weighted by molar-refractivity contribution is 8.00. The molecule has 2 atom stereocenters. The van der Waals surface area contributed by atoms with E-state index in [1.165, 1.54) is 10.5 Å². The summed E-state index contributed by atoms with van der Waals surface area (Å²) in [4.78, 5) is 13.0. The van der Waals surface area contributed by atoms with Gasteiger partial charge in [0.2, 0.25) is 5.91 Å². The zero-order valence-corrected chi connectivity index (χ0v) is 12.4. The summed E-state index contributed by atoms with van der Waals surface area (Å²) in [5.74, 6) is -0.206. The van der Waals surface area contributed by atoms with E-state index in [0.717, 1.165) is 25.8 Å². The van der Waals surface area contributed by atoms with Crippen LogP contribution in [-0.4, -0.2) is 23.2 Å². The van der Waals surface area contributed by atoms with Crippen LogP contribution in [0, 0.1) is 6.92 Å². The SMILES string of the molecule is CCNC1(C(N)=O)CCC(Sc2ccccc2C)C1. The number of hydrogen-bond acceptors (Lipinski definition) is 3. The van der Waals surface area contributed by atoms with Crippen molar-refractivity contribution in [2.45, 2.75) is 48.8 Å². The molecule has 4 heteroatoms. The van der Waals surface area contributed by atoms with Gasteiger partial charge >= 0.3 is 0 Å². The van der Waals surface area contributed by atoms with Crippen LogP contribution in [0.3, 0.4) is 0 Å². The fraction of sp³-hybridized carbons (Fsp3) is 0.533. The maximum absolute atomic E-state index is 11.7. The van der Waals surface area contributed by atoms with E-state index >= 15 is 0 Å². The van der Waals surface area contributed by atoms with Crippen LogP contribution in [0.5, 0.6) is 0 Å². The first-order valence-corrected chi connectivity index (χ1v) is 7.72. The summed E-state index contributed by atoms with van der Waals surface area (Å²) in [6.07, 6.45) is 2.71. The fourth-order valence-corrected chi connectivity index (χ4v) is 4.15. The van der Waals surface area contributed by atoms with Crippen LogP contribution in [0.2, 0.25) is 0 Å². The first-order valence-electron chi connectivity index (χ1n) is 6.84. The maximum atomic E-state index is 11.7. The van der Waals surface area contributed by atoms with Gasteiger partial charge in [0, 0.05) is 10.1 Å². The Morgan fingerprint density at radius 1 is 1.53 bits per heavy atom. The van der Waals surface area contributed by atoms with Gasteiger partial charge in [-0.05, 0) is 44.4 Å². The lowest BCUT2D eigenvalue weighted by Crippen LogP contribution is -2.53. The smallest absolute Gasteiger partial charge is 0.237 e. The predicted octanol–water partition coefficient (Wildman–Crippen LogP) is 2.47. The summed E-state index contributed by atoms with van der Waals surface area (Å²) < 4.78 is 0. The van der Waals surface area contributed by atoms with Crippen molar-refractivity contribution in [3.8, 4) is 0 Å². The third kappa shape index (κ3) is 3.12. The molecular formula is C15H22N2OS. The molecule has 2 unspecified atom stereocenters. The zero-order valence-electron chi connectivity index (χ0n) is 11.6. The van der Waals surface area contributed by atoms with E-state index in [0.29, 0.717) is 5.25 Å². The molecule has 0 spiro atoms. The molecule has 1 aliphatic carbocycles. The lowest BCUT2D eigenvalue weighted by atomic mass is 9.97. The molecule has 3 nitrogen and oxygen atoms in total. The highest BCUT2D eigenvalue weighted by Gasteiger charge is 2.43. The highest BCUT2D eigenvalue weighted by Crippen LogP contribution is 2.40. The van der Waals surface area contributed by atoms with Crippen LogP contribution in [0.25, 0.3) is 0 Å². The molecule has 1 aromatic rings. The molecule has 2 rings (SSSR count). The van der Waals surface area contributed by atoms with Crippen molar-refractivity contribution in [2.75, 3.05) is 6.54 Å². The Balaban J connectivity index is 2.06. The molecule has 3 N–H and O–H groups in total. The number of primary amides is 1. The number of thioether (sulfide) groups is 1. The van der Waals surface area contributed by atoms with Crippen molar-refractivity contribution in [3.63, 3.8) is 0 Å². The summed E-state index contributed by atoms with van der Waals surface area (Å²) in [5.41, 5.74) is 6.40. The van der Waals surface area contributed by atoms with Crippen LogP contribution >= 0.6 is 11.8 Å². The number of benzene rings is 1. The van der Waals surface area contributed by atoms with Gasteiger partial charge in [-0.15, -0.1) is 11.8 Å². The average molecular weight is 278 g/mol. The van der Waals surface area contributed by atoms with Crippen molar-refractivity contribution < 1.29 is 4.79 Å². The minimum Gasteiger partial charge on any atom is -0.368 e. The number of likely N-dealkylation sites (N-methyl/N-ethyl adjacent to an activating group) is 1. The standard InChI is InChI=1S/C15H22N2OS/c1-3-17-15(14(16)18)9-8-12(10-15)19-13-7-5-4-6-11(13)2/h4-7,12,17H,3,8-10H2,1-2H3,(H2,16,18). The maximum Gasteiger partial charge on any atom is 0.237 e. The molecule has 1 amide bonds. The van der Waals surface area contributed by atoms with Gasteiger partial charge < -0.3 is 11.1 Å². The van der Waals surface area contributed by atoms with E-state index in [2.05, 4.69) is 36.5 Å². The molecule has 0 aliphatic heterocycles. The van der Waals surface area contributed by atoms with Gasteiger partial charge in [0.05, 0.1) is 5.54 Å². The van der Waals surface area contributed by atoms with Gasteiger partial charge in [0.1, 0.15) is 0 Å². The quantitative estimate of drug-likeness (QED) is 0.870. The van der Waals surface area contributed by atoms with Crippen LogP contribution in [0.15, 0.2) is 29.2 Å². The minimum absolute atomic E-state index is 0.206. The van der Waals surface area contributed by atoms with Crippen molar-refractivity contribution >= 4 is 17.7 Å². The van der Waals surface area contributed by atoms with Crippen molar-refractivity contribution in [1.82, 2.24) is 5.32 Å². The third-order valence-electron chi connectivity index (χ3n) is 3.84. The number of rotatable bonds is 5. The number of aryl methyl sites for hydroxylation is 1. The van der Waals surface area contributed by atoms with Crippen molar-refractivity contribution in [2.24, 2.45) is 5.73 Å². The summed E-state index contributed by atoms with van der Waals surface area (Å²) in [5, 5.41) is 3.77. The summed E-state index contributed by atoms with van der Waals surface area (Å²) in [7, 11) is 0.